The zero-order valence-corrected chi connectivity index (χ0v) is 13.3. The molecule has 1 N–H and O–H groups in total. The van der Waals surface area contributed by atoms with Crippen molar-refractivity contribution in [1.29, 1.82) is 0 Å². The van der Waals surface area contributed by atoms with E-state index in [-0.39, 0.29) is 11.5 Å². The van der Waals surface area contributed by atoms with Crippen molar-refractivity contribution in [2.24, 2.45) is 0 Å². The predicted molar refractivity (Wildman–Crippen MR) is 90.6 cm³/mol. The molecule has 4 heteroatoms. The van der Waals surface area contributed by atoms with Crippen LogP contribution in [-0.2, 0) is 0 Å². The highest BCUT2D eigenvalue weighted by Gasteiger charge is 2.38. The fourth-order valence-electron chi connectivity index (χ4n) is 3.81. The molecule has 0 saturated heterocycles. The number of aromatic nitrogens is 1. The van der Waals surface area contributed by atoms with Crippen LogP contribution in [0.3, 0.4) is 0 Å². The molecule has 0 atom stereocenters. The van der Waals surface area contributed by atoms with Crippen LogP contribution >= 0.6 is 0 Å². The Morgan fingerprint density at radius 3 is 2.43 bits per heavy atom. The first-order valence-electron chi connectivity index (χ1n) is 8.69. The van der Waals surface area contributed by atoms with E-state index in [1.807, 2.05) is 24.3 Å². The van der Waals surface area contributed by atoms with E-state index in [2.05, 4.69) is 9.88 Å². The van der Waals surface area contributed by atoms with Crippen LogP contribution in [0.2, 0.25) is 0 Å². The lowest BCUT2D eigenvalue weighted by Gasteiger charge is -2.34. The summed E-state index contributed by atoms with van der Waals surface area (Å²) >= 11 is 0. The third kappa shape index (κ3) is 2.78. The van der Waals surface area contributed by atoms with Gasteiger partial charge >= 0.3 is 0 Å². The van der Waals surface area contributed by atoms with Gasteiger partial charge < -0.3 is 9.88 Å². The molecule has 0 unspecified atom stereocenters. The van der Waals surface area contributed by atoms with Gasteiger partial charge in [-0.25, -0.2) is 0 Å². The largest absolute Gasteiger partial charge is 0.331 e. The molecule has 2 aromatic rings. The van der Waals surface area contributed by atoms with E-state index in [1.165, 1.54) is 19.3 Å². The number of benzene rings is 1. The summed E-state index contributed by atoms with van der Waals surface area (Å²) in [5.41, 5.74) is 0.261. The smallest absolute Gasteiger partial charge is 0.270 e. The van der Waals surface area contributed by atoms with E-state index >= 15 is 0 Å². The van der Waals surface area contributed by atoms with Crippen LogP contribution < -0.4 is 5.56 Å². The van der Waals surface area contributed by atoms with Gasteiger partial charge in [-0.05, 0) is 43.2 Å². The number of amides is 1. The number of carbonyl (C=O) groups is 1. The molecule has 120 valence electrons. The molecule has 2 aliphatic rings. The van der Waals surface area contributed by atoms with Crippen molar-refractivity contribution >= 4 is 16.7 Å². The second-order valence-corrected chi connectivity index (χ2v) is 6.83. The second kappa shape index (κ2) is 5.84. The minimum atomic E-state index is -0.175. The molecule has 23 heavy (non-hydrogen) atoms. The lowest BCUT2D eigenvalue weighted by Crippen LogP contribution is -2.43. The Labute approximate surface area is 135 Å². The van der Waals surface area contributed by atoms with Gasteiger partial charge in [0.15, 0.2) is 0 Å². The molecular weight excluding hydrogens is 288 g/mol. The number of aromatic amines is 1. The number of hydrogen-bond donors (Lipinski definition) is 1. The summed E-state index contributed by atoms with van der Waals surface area (Å²) < 4.78 is 0. The van der Waals surface area contributed by atoms with Crippen molar-refractivity contribution in [1.82, 2.24) is 9.88 Å². The summed E-state index contributed by atoms with van der Waals surface area (Å²) in [6, 6.07) is 9.98. The summed E-state index contributed by atoms with van der Waals surface area (Å²) in [6.07, 6.45) is 8.07. The third-order valence-corrected chi connectivity index (χ3v) is 5.13. The number of nitrogens with one attached hydrogen (secondary N) is 1. The van der Waals surface area contributed by atoms with Crippen LogP contribution in [-0.4, -0.2) is 27.9 Å². The average molecular weight is 310 g/mol. The number of hydrogen-bond acceptors (Lipinski definition) is 2. The summed E-state index contributed by atoms with van der Waals surface area (Å²) in [5.74, 6) is 0.00209. The van der Waals surface area contributed by atoms with Gasteiger partial charge in [-0.15, -0.1) is 0 Å². The van der Waals surface area contributed by atoms with Gasteiger partial charge in [0, 0.05) is 17.5 Å². The highest BCUT2D eigenvalue weighted by molar-refractivity contribution is 5.96. The number of H-pyrrole nitrogens is 1. The average Bonchev–Trinajstić information content (AvgIpc) is 3.41. The van der Waals surface area contributed by atoms with Gasteiger partial charge in [-0.3, -0.25) is 9.59 Å². The topological polar surface area (TPSA) is 53.2 Å². The van der Waals surface area contributed by atoms with E-state index in [1.54, 1.807) is 6.07 Å². The molecule has 1 aromatic carbocycles. The van der Waals surface area contributed by atoms with Crippen LogP contribution in [0.25, 0.3) is 10.8 Å². The van der Waals surface area contributed by atoms with Gasteiger partial charge in [-0.1, -0.05) is 37.5 Å². The van der Waals surface area contributed by atoms with Gasteiger partial charge in [0.05, 0.1) is 0 Å². The van der Waals surface area contributed by atoms with Crippen molar-refractivity contribution in [3.05, 3.63) is 46.4 Å². The van der Waals surface area contributed by atoms with Crippen molar-refractivity contribution in [2.45, 2.75) is 57.0 Å². The van der Waals surface area contributed by atoms with Crippen molar-refractivity contribution < 1.29 is 4.79 Å². The minimum Gasteiger partial charge on any atom is -0.331 e. The van der Waals surface area contributed by atoms with Crippen LogP contribution in [0.4, 0.5) is 0 Å². The highest BCUT2D eigenvalue weighted by atomic mass is 16.2. The quantitative estimate of drug-likeness (QED) is 0.944. The Balaban J connectivity index is 1.70. The lowest BCUT2D eigenvalue weighted by molar-refractivity contribution is 0.0608. The monoisotopic (exact) mass is 310 g/mol. The van der Waals surface area contributed by atoms with Crippen LogP contribution in [0.15, 0.2) is 35.1 Å². The maximum atomic E-state index is 13.1. The SMILES string of the molecule is O=C(c1cc2ccccc2c(=O)[nH]1)N(C1CCCCC1)C1CC1. The van der Waals surface area contributed by atoms with E-state index < -0.39 is 0 Å². The molecule has 1 amide bonds. The summed E-state index contributed by atoms with van der Waals surface area (Å²) in [7, 11) is 0. The van der Waals surface area contributed by atoms with Crippen molar-refractivity contribution in [2.75, 3.05) is 0 Å². The van der Waals surface area contributed by atoms with Crippen LogP contribution in [0.5, 0.6) is 0 Å². The van der Waals surface area contributed by atoms with Gasteiger partial charge in [0.1, 0.15) is 5.69 Å². The van der Waals surface area contributed by atoms with E-state index in [4.69, 9.17) is 0 Å². The molecule has 1 heterocycles. The Bertz CT molecular complexity index is 785. The first-order chi connectivity index (χ1) is 11.2. The molecule has 0 radical (unpaired) electrons. The lowest BCUT2D eigenvalue weighted by atomic mass is 9.93. The zero-order chi connectivity index (χ0) is 15.8. The maximum absolute atomic E-state index is 13.1. The first kappa shape index (κ1) is 14.5. The van der Waals surface area contributed by atoms with Gasteiger partial charge in [-0.2, -0.15) is 0 Å². The van der Waals surface area contributed by atoms with Crippen molar-refractivity contribution in [3.8, 4) is 0 Å². The molecule has 2 fully saturated rings. The number of fused-ring (bicyclic) bond motifs is 1. The highest BCUT2D eigenvalue weighted by Crippen LogP contribution is 2.34. The third-order valence-electron chi connectivity index (χ3n) is 5.13. The van der Waals surface area contributed by atoms with Gasteiger partial charge in [0.2, 0.25) is 0 Å². The summed E-state index contributed by atoms with van der Waals surface area (Å²) in [4.78, 5) is 30.2. The number of rotatable bonds is 3. The normalized spacial score (nSPS) is 19.0. The molecule has 0 spiro atoms. The predicted octanol–water partition coefficient (Wildman–Crippen LogP) is 3.47. The maximum Gasteiger partial charge on any atom is 0.270 e. The van der Waals surface area contributed by atoms with Crippen LogP contribution in [0.1, 0.15) is 55.4 Å². The standard InChI is InChI=1S/C19H22N2O2/c22-18-16-9-5-4-6-13(16)12-17(20-18)19(23)21(15-10-11-15)14-7-2-1-3-8-14/h4-6,9,12,14-15H,1-3,7-8,10-11H2,(H,20,22). The fourth-order valence-corrected chi connectivity index (χ4v) is 3.81. The van der Waals surface area contributed by atoms with Crippen LogP contribution in [0, 0.1) is 0 Å². The van der Waals surface area contributed by atoms with E-state index in [9.17, 15) is 9.59 Å². The van der Waals surface area contributed by atoms with Gasteiger partial charge in [0.25, 0.3) is 11.5 Å². The molecule has 2 aliphatic carbocycles. The Hall–Kier alpha value is -2.10. The Morgan fingerprint density at radius 1 is 1.00 bits per heavy atom. The van der Waals surface area contributed by atoms with E-state index in [0.717, 1.165) is 31.1 Å². The fraction of sp³-hybridized carbons (Fsp3) is 0.474. The number of pyridine rings is 1. The molecule has 4 nitrogen and oxygen atoms in total. The molecule has 0 bridgehead atoms. The molecule has 2 saturated carbocycles. The summed E-state index contributed by atoms with van der Waals surface area (Å²) in [6.45, 7) is 0. The Morgan fingerprint density at radius 2 is 1.70 bits per heavy atom. The molecule has 1 aromatic heterocycles. The Kier molecular flexibility index (Phi) is 3.68. The number of carbonyl (C=O) groups excluding carboxylic acids is 1. The first-order valence-corrected chi connectivity index (χ1v) is 8.69. The summed E-state index contributed by atoms with van der Waals surface area (Å²) in [5, 5.41) is 1.47. The molecular formula is C19H22N2O2. The van der Waals surface area contributed by atoms with Crippen molar-refractivity contribution in [3.63, 3.8) is 0 Å². The minimum absolute atomic E-state index is 0.00209. The number of nitrogens with zero attached hydrogens (tertiary/aromatic N) is 1. The zero-order valence-electron chi connectivity index (χ0n) is 13.3. The van der Waals surface area contributed by atoms with E-state index in [0.29, 0.717) is 23.2 Å². The second-order valence-electron chi connectivity index (χ2n) is 6.83. The molecule has 0 aliphatic heterocycles. The molecule has 4 rings (SSSR count).